The van der Waals surface area contributed by atoms with E-state index in [9.17, 15) is 9.18 Å². The van der Waals surface area contributed by atoms with Gasteiger partial charge < -0.3 is 15.0 Å². The van der Waals surface area contributed by atoms with Gasteiger partial charge in [-0.3, -0.25) is 4.48 Å². The van der Waals surface area contributed by atoms with Crippen LogP contribution >= 0.6 is 0 Å². The van der Waals surface area contributed by atoms with Crippen molar-refractivity contribution >= 4 is 45.3 Å². The lowest BCUT2D eigenvalue weighted by atomic mass is 10.1. The summed E-state index contributed by atoms with van der Waals surface area (Å²) in [7, 11) is 3.66. The molecule has 0 radical (unpaired) electrons. The molecule has 1 aliphatic rings. The summed E-state index contributed by atoms with van der Waals surface area (Å²) in [6, 6.07) is 12.4. The van der Waals surface area contributed by atoms with Crippen molar-refractivity contribution in [3.05, 3.63) is 72.3 Å². The zero-order chi connectivity index (χ0) is 30.1. The van der Waals surface area contributed by atoms with Gasteiger partial charge in [-0.05, 0) is 49.4 Å². The van der Waals surface area contributed by atoms with Crippen molar-refractivity contribution in [3.8, 4) is 11.5 Å². The molecule has 0 saturated carbocycles. The quantitative estimate of drug-likeness (QED) is 0.216. The smallest absolute Gasteiger partial charge is 0.338 e. The molecule has 0 aliphatic carbocycles. The van der Waals surface area contributed by atoms with Crippen LogP contribution in [0, 0.1) is 12.7 Å². The Kier molecular flexibility index (Phi) is 7.40. The summed E-state index contributed by atoms with van der Waals surface area (Å²) in [6.45, 7) is 3.25. The number of benzene rings is 2. The second kappa shape index (κ2) is 11.3. The minimum absolute atomic E-state index is 0.121. The number of aromatic nitrogens is 6. The minimum Gasteiger partial charge on any atom is -0.457 e. The molecular weight excluding hydrogens is 556 g/mol. The van der Waals surface area contributed by atoms with Gasteiger partial charge in [0, 0.05) is 24.8 Å². The number of carbonyl (C=O) groups excluding carboxylic acids is 1. The Morgan fingerprint density at radius 3 is 2.72 bits per heavy atom. The maximum absolute atomic E-state index is 15.6. The number of amides is 1. The van der Waals surface area contributed by atoms with E-state index in [1.165, 1.54) is 18.5 Å². The Balaban J connectivity index is 1.21. The van der Waals surface area contributed by atoms with Crippen molar-refractivity contribution in [3.63, 3.8) is 0 Å². The van der Waals surface area contributed by atoms with Crippen LogP contribution < -0.4 is 15.0 Å². The number of nitrogens with zero attached hydrogens (tertiary/aromatic N) is 8. The molecule has 3 aromatic heterocycles. The van der Waals surface area contributed by atoms with Gasteiger partial charge in [-0.1, -0.05) is 5.21 Å². The molecule has 1 saturated heterocycles. The number of piperazine rings is 1. The van der Waals surface area contributed by atoms with Gasteiger partial charge in [-0.25, -0.2) is 33.2 Å². The van der Waals surface area contributed by atoms with Crippen LogP contribution in [0.4, 0.5) is 26.1 Å². The average molecular weight is 587 g/mol. The lowest BCUT2D eigenvalue weighted by molar-refractivity contribution is -0.832. The van der Waals surface area contributed by atoms with Crippen LogP contribution in [0.25, 0.3) is 22.1 Å². The lowest BCUT2D eigenvalue weighted by Crippen LogP contribution is -2.60. The summed E-state index contributed by atoms with van der Waals surface area (Å²) in [5.74, 6) is 1.34. The van der Waals surface area contributed by atoms with E-state index in [4.69, 9.17) is 9.72 Å². The zero-order valence-corrected chi connectivity index (χ0v) is 24.0. The molecule has 0 atom stereocenters. The topological polar surface area (TPSA) is 111 Å². The first-order valence-electron chi connectivity index (χ1n) is 13.8. The van der Waals surface area contributed by atoms with Crippen LogP contribution in [0.3, 0.4) is 0 Å². The van der Waals surface area contributed by atoms with Crippen LogP contribution in [0.15, 0.2) is 60.9 Å². The third-order valence-corrected chi connectivity index (χ3v) is 7.80. The molecule has 1 amide bonds. The normalized spacial score (nSPS) is 15.0. The number of hydrogen-bond acceptors (Lipinski definition) is 9. The third kappa shape index (κ3) is 5.46. The Hall–Kier alpha value is -5.04. The molecule has 1 aliphatic heterocycles. The fourth-order valence-corrected chi connectivity index (χ4v) is 5.09. The van der Waals surface area contributed by atoms with Crippen molar-refractivity contribution < 1.29 is 22.8 Å². The van der Waals surface area contributed by atoms with Crippen LogP contribution in [-0.2, 0) is 11.8 Å². The molecule has 220 valence electrons. The number of halogens is 2. The number of fused-ring (bicyclic) bond motifs is 2. The molecule has 0 unspecified atom stereocenters. The van der Waals surface area contributed by atoms with E-state index < -0.39 is 12.5 Å². The molecule has 1 fully saturated rings. The van der Waals surface area contributed by atoms with Gasteiger partial charge in [-0.2, -0.15) is 0 Å². The molecule has 11 nitrogen and oxygen atoms in total. The SMILES string of the molecule is Cc1c(Oc2ccc3c(c2)nnn3C)ccc(Nc2ncnc3ccc(N4CC[N+](C)(C(=O)/C=C/CF)CC4)nc23)c1F. The first-order valence-corrected chi connectivity index (χ1v) is 13.8. The number of quaternary nitrogens is 1. The Bertz CT molecular complexity index is 1870. The number of pyridine rings is 1. The molecule has 5 aromatic rings. The molecule has 1 N–H and O–H groups in total. The number of carbonyl (C=O) groups is 1. The highest BCUT2D eigenvalue weighted by atomic mass is 19.1. The summed E-state index contributed by atoms with van der Waals surface area (Å²) in [5.41, 5.74) is 3.16. The van der Waals surface area contributed by atoms with Crippen LogP contribution in [0.2, 0.25) is 0 Å². The summed E-state index contributed by atoms with van der Waals surface area (Å²) < 4.78 is 35.9. The maximum Gasteiger partial charge on any atom is 0.338 e. The van der Waals surface area contributed by atoms with Gasteiger partial charge in [0.15, 0.2) is 11.6 Å². The Labute approximate surface area is 246 Å². The molecule has 0 bridgehead atoms. The first-order chi connectivity index (χ1) is 20.8. The van der Waals surface area contributed by atoms with Crippen molar-refractivity contribution in [2.75, 3.05) is 50.1 Å². The van der Waals surface area contributed by atoms with Crippen molar-refractivity contribution in [2.45, 2.75) is 6.92 Å². The van der Waals surface area contributed by atoms with Gasteiger partial charge in [0.2, 0.25) is 0 Å². The van der Waals surface area contributed by atoms with E-state index in [0.29, 0.717) is 71.4 Å². The van der Waals surface area contributed by atoms with E-state index in [1.54, 1.807) is 35.9 Å². The number of alkyl halides is 1. The highest BCUT2D eigenvalue weighted by Gasteiger charge is 2.35. The molecule has 2 aromatic carbocycles. The maximum atomic E-state index is 15.6. The van der Waals surface area contributed by atoms with E-state index in [2.05, 4.69) is 30.5 Å². The van der Waals surface area contributed by atoms with Gasteiger partial charge in [0.1, 0.15) is 54.4 Å². The second-order valence-electron chi connectivity index (χ2n) is 10.6. The molecule has 6 rings (SSSR count). The fourth-order valence-electron chi connectivity index (χ4n) is 5.09. The summed E-state index contributed by atoms with van der Waals surface area (Å²) >= 11 is 0. The Morgan fingerprint density at radius 2 is 1.93 bits per heavy atom. The number of hydrogen-bond donors (Lipinski definition) is 1. The molecule has 4 heterocycles. The van der Waals surface area contributed by atoms with Crippen molar-refractivity contribution in [1.29, 1.82) is 0 Å². The van der Waals surface area contributed by atoms with E-state index in [1.807, 2.05) is 32.3 Å². The third-order valence-electron chi connectivity index (χ3n) is 7.80. The highest BCUT2D eigenvalue weighted by molar-refractivity contribution is 5.88. The number of likely N-dealkylation sites (N-methyl/N-ethyl adjacent to an activating group) is 1. The van der Waals surface area contributed by atoms with Gasteiger partial charge >= 0.3 is 5.91 Å². The van der Waals surface area contributed by atoms with Crippen molar-refractivity contribution in [1.82, 2.24) is 29.9 Å². The Morgan fingerprint density at radius 1 is 1.12 bits per heavy atom. The second-order valence-corrected chi connectivity index (χ2v) is 10.6. The molecule has 0 spiro atoms. The number of allylic oxidation sites excluding steroid dienone is 1. The number of aryl methyl sites for hydroxylation is 1. The number of rotatable bonds is 7. The summed E-state index contributed by atoms with van der Waals surface area (Å²) in [4.78, 5) is 28.1. The monoisotopic (exact) mass is 586 g/mol. The molecule has 13 heteroatoms. The highest BCUT2D eigenvalue weighted by Crippen LogP contribution is 2.33. The fraction of sp³-hybridized carbons (Fsp3) is 0.267. The van der Waals surface area contributed by atoms with E-state index in [0.717, 1.165) is 5.52 Å². The zero-order valence-electron chi connectivity index (χ0n) is 24.0. The number of ether oxygens (including phenoxy) is 1. The van der Waals surface area contributed by atoms with Gasteiger partial charge in [0.05, 0.1) is 36.9 Å². The van der Waals surface area contributed by atoms with E-state index in [-0.39, 0.29) is 16.1 Å². The van der Waals surface area contributed by atoms with E-state index >= 15 is 4.39 Å². The minimum atomic E-state index is -0.667. The van der Waals surface area contributed by atoms with Crippen LogP contribution in [-0.4, -0.2) is 80.2 Å². The first kappa shape index (κ1) is 28.1. The van der Waals surface area contributed by atoms with Crippen LogP contribution in [0.5, 0.6) is 11.5 Å². The predicted molar refractivity (Wildman–Crippen MR) is 159 cm³/mol. The summed E-state index contributed by atoms with van der Waals surface area (Å²) in [5, 5.41) is 11.2. The summed E-state index contributed by atoms with van der Waals surface area (Å²) in [6.07, 6.45) is 3.96. The van der Waals surface area contributed by atoms with Gasteiger partial charge in [-0.15, -0.1) is 5.10 Å². The predicted octanol–water partition coefficient (Wildman–Crippen LogP) is 4.61. The number of anilines is 3. The van der Waals surface area contributed by atoms with Gasteiger partial charge in [0.25, 0.3) is 0 Å². The largest absolute Gasteiger partial charge is 0.457 e. The molecular formula is C30H30F2N9O2+. The average Bonchev–Trinajstić information content (AvgIpc) is 3.39. The number of nitrogens with one attached hydrogen (secondary N) is 1. The lowest BCUT2D eigenvalue weighted by Gasteiger charge is -2.39. The molecule has 43 heavy (non-hydrogen) atoms. The standard InChI is InChI=1S/C30H30F2N9O2/c1-19-25(43-20-6-9-24-23(17-20)37-38-39(24)2)10-7-21(28(19)32)35-30-29-22(33-18-34-30)8-11-26(36-29)40-13-15-41(3,16-14-40)27(42)5-4-12-31/h4-11,17-18H,12-16H2,1-3H3,(H,33,34,35)/q+1/b5-4+. The van der Waals surface area contributed by atoms with Crippen LogP contribution in [0.1, 0.15) is 5.56 Å². The van der Waals surface area contributed by atoms with Crippen molar-refractivity contribution in [2.24, 2.45) is 7.05 Å².